The quantitative estimate of drug-likeness (QED) is 0.193. The van der Waals surface area contributed by atoms with Crippen molar-refractivity contribution in [3.8, 4) is 17.1 Å². The van der Waals surface area contributed by atoms with Crippen molar-refractivity contribution in [2.75, 3.05) is 11.3 Å². The Kier molecular flexibility index (Phi) is 8.39. The molecular formula is C34H35BrN6O2S. The van der Waals surface area contributed by atoms with E-state index in [0.29, 0.717) is 30.4 Å². The van der Waals surface area contributed by atoms with Crippen LogP contribution in [0.2, 0.25) is 0 Å². The van der Waals surface area contributed by atoms with Crippen molar-refractivity contribution >= 4 is 45.4 Å². The summed E-state index contributed by atoms with van der Waals surface area (Å²) < 4.78 is 12.6. The average Bonchev–Trinajstić information content (AvgIpc) is 3.40. The van der Waals surface area contributed by atoms with Gasteiger partial charge in [-0.25, -0.2) is 9.97 Å². The number of benzene rings is 2. The lowest BCUT2D eigenvalue weighted by Crippen LogP contribution is -2.45. The van der Waals surface area contributed by atoms with Crippen molar-refractivity contribution < 1.29 is 9.53 Å². The number of pyridine rings is 1. The summed E-state index contributed by atoms with van der Waals surface area (Å²) >= 11 is 4.98. The number of hydrogen-bond donors (Lipinski definition) is 1. The van der Waals surface area contributed by atoms with Gasteiger partial charge >= 0.3 is 0 Å². The number of nitrogens with one attached hydrogen (secondary N) is 1. The fraction of sp³-hybridized carbons (Fsp3) is 0.294. The van der Waals surface area contributed by atoms with Gasteiger partial charge in [0.05, 0.1) is 28.4 Å². The lowest BCUT2D eigenvalue weighted by atomic mass is 9.87. The van der Waals surface area contributed by atoms with E-state index >= 15 is 0 Å². The number of nitrogens with zero attached hydrogens (tertiary/aromatic N) is 5. The molecule has 2 aromatic carbocycles. The summed E-state index contributed by atoms with van der Waals surface area (Å²) in [6, 6.07) is 19.4. The first kappa shape index (κ1) is 30.1. The van der Waals surface area contributed by atoms with Gasteiger partial charge in [-0.1, -0.05) is 45.0 Å². The Morgan fingerprint density at radius 2 is 1.80 bits per heavy atom. The van der Waals surface area contributed by atoms with Crippen LogP contribution in [0.1, 0.15) is 54.4 Å². The number of hydrogen-bond acceptors (Lipinski definition) is 7. The molecule has 0 saturated carbocycles. The standard InChI is InChI=1S/C34H35BrN6O2S/c1-21-9-6-10-22(2)30(21)28-16-29-38-33(37-28)39-44-26-12-7-11-23(15-26)32(42)41(25(20-43-29)17-34(3,4)5)19-24-18-40-14-8-13-27(35)31(40)36-24/h6-16,18,25H,17,19-20H2,1-5H3,(H,37,38,39)/t25-/m1/s1. The van der Waals surface area contributed by atoms with Gasteiger partial charge in [-0.05, 0) is 95.0 Å². The van der Waals surface area contributed by atoms with Crippen molar-refractivity contribution in [1.29, 1.82) is 0 Å². The zero-order valence-electron chi connectivity index (χ0n) is 25.5. The second-order valence-electron chi connectivity index (χ2n) is 12.4. The van der Waals surface area contributed by atoms with E-state index in [-0.39, 0.29) is 24.0 Å². The molecule has 6 rings (SSSR count). The number of carbonyl (C=O) groups is 1. The fourth-order valence-electron chi connectivity index (χ4n) is 5.65. The van der Waals surface area contributed by atoms with Crippen molar-refractivity contribution in [3.05, 3.63) is 99.9 Å². The zero-order valence-corrected chi connectivity index (χ0v) is 27.9. The molecule has 4 heterocycles. The highest BCUT2D eigenvalue weighted by molar-refractivity contribution is 9.10. The van der Waals surface area contributed by atoms with Crippen molar-refractivity contribution in [2.45, 2.75) is 58.5 Å². The van der Waals surface area contributed by atoms with Gasteiger partial charge in [0.25, 0.3) is 5.91 Å². The van der Waals surface area contributed by atoms with Crippen LogP contribution in [0, 0.1) is 19.3 Å². The molecule has 1 amide bonds. The summed E-state index contributed by atoms with van der Waals surface area (Å²) in [5.41, 5.74) is 6.21. The van der Waals surface area contributed by atoms with E-state index in [0.717, 1.165) is 43.1 Å². The maximum Gasteiger partial charge on any atom is 0.254 e. The number of ether oxygens (including phenoxy) is 1. The zero-order chi connectivity index (χ0) is 31.0. The van der Waals surface area contributed by atoms with Crippen LogP contribution in [-0.4, -0.2) is 42.8 Å². The molecule has 3 aromatic heterocycles. The first-order valence-corrected chi connectivity index (χ1v) is 16.2. The van der Waals surface area contributed by atoms with E-state index in [1.807, 2.05) is 64.2 Å². The Labute approximate surface area is 270 Å². The predicted octanol–water partition coefficient (Wildman–Crippen LogP) is 8.13. The minimum Gasteiger partial charge on any atom is -0.475 e. The molecule has 1 aliphatic heterocycles. The molecule has 0 unspecified atom stereocenters. The molecule has 1 aliphatic rings. The van der Waals surface area contributed by atoms with Crippen LogP contribution in [0.3, 0.4) is 0 Å². The Bertz CT molecular complexity index is 1830. The second kappa shape index (κ2) is 12.2. The molecule has 4 bridgehead atoms. The van der Waals surface area contributed by atoms with Gasteiger partial charge in [-0.2, -0.15) is 4.98 Å². The van der Waals surface area contributed by atoms with E-state index < -0.39 is 0 Å². The first-order valence-electron chi connectivity index (χ1n) is 14.6. The van der Waals surface area contributed by atoms with Crippen molar-refractivity contribution in [2.24, 2.45) is 5.41 Å². The predicted molar refractivity (Wildman–Crippen MR) is 179 cm³/mol. The van der Waals surface area contributed by atoms with Crippen LogP contribution < -0.4 is 9.46 Å². The number of anilines is 1. The highest BCUT2D eigenvalue weighted by Gasteiger charge is 2.31. The largest absolute Gasteiger partial charge is 0.475 e. The number of aryl methyl sites for hydroxylation is 2. The van der Waals surface area contributed by atoms with Gasteiger partial charge in [-0.15, -0.1) is 0 Å². The molecule has 0 saturated heterocycles. The average molecular weight is 672 g/mol. The Hall–Kier alpha value is -3.89. The molecule has 5 aromatic rings. The van der Waals surface area contributed by atoms with E-state index in [2.05, 4.69) is 73.5 Å². The van der Waals surface area contributed by atoms with E-state index in [9.17, 15) is 4.79 Å². The number of amides is 1. The molecular weight excluding hydrogens is 636 g/mol. The minimum absolute atomic E-state index is 0.0744. The van der Waals surface area contributed by atoms with Crippen LogP contribution in [-0.2, 0) is 6.54 Å². The molecule has 10 heteroatoms. The van der Waals surface area contributed by atoms with Gasteiger partial charge in [0.1, 0.15) is 6.61 Å². The van der Waals surface area contributed by atoms with Gasteiger partial charge in [-0.3, -0.25) is 9.52 Å². The number of carbonyl (C=O) groups excluding carboxylic acids is 1. The molecule has 1 atom stereocenters. The molecule has 0 spiro atoms. The smallest absolute Gasteiger partial charge is 0.254 e. The summed E-state index contributed by atoms with van der Waals surface area (Å²) in [5.74, 6) is 0.824. The van der Waals surface area contributed by atoms with Crippen LogP contribution in [0.25, 0.3) is 16.9 Å². The summed E-state index contributed by atoms with van der Waals surface area (Å²) in [4.78, 5) is 31.6. The van der Waals surface area contributed by atoms with E-state index in [1.165, 1.54) is 11.9 Å². The molecule has 0 aliphatic carbocycles. The number of rotatable bonds is 4. The van der Waals surface area contributed by atoms with Crippen LogP contribution >= 0.6 is 27.9 Å². The van der Waals surface area contributed by atoms with Gasteiger partial charge in [0.2, 0.25) is 11.8 Å². The van der Waals surface area contributed by atoms with E-state index in [1.54, 1.807) is 0 Å². The van der Waals surface area contributed by atoms with Crippen LogP contribution in [0.5, 0.6) is 5.88 Å². The maximum atomic E-state index is 14.4. The molecule has 8 nitrogen and oxygen atoms in total. The molecule has 44 heavy (non-hydrogen) atoms. The number of halogens is 1. The number of fused-ring (bicyclic) bond motifs is 5. The van der Waals surface area contributed by atoms with E-state index in [4.69, 9.17) is 19.7 Å². The number of imidazole rings is 1. The third-order valence-electron chi connectivity index (χ3n) is 7.57. The lowest BCUT2D eigenvalue weighted by molar-refractivity contribution is 0.0510. The summed E-state index contributed by atoms with van der Waals surface area (Å²) in [6.07, 6.45) is 4.65. The Morgan fingerprint density at radius 3 is 2.55 bits per heavy atom. The van der Waals surface area contributed by atoms with Gasteiger partial charge < -0.3 is 14.0 Å². The van der Waals surface area contributed by atoms with Crippen molar-refractivity contribution in [3.63, 3.8) is 0 Å². The summed E-state index contributed by atoms with van der Waals surface area (Å²) in [5, 5.41) is 0. The molecule has 226 valence electrons. The Morgan fingerprint density at radius 1 is 1.02 bits per heavy atom. The monoisotopic (exact) mass is 670 g/mol. The number of aromatic nitrogens is 4. The second-order valence-corrected chi connectivity index (χ2v) is 14.1. The first-order chi connectivity index (χ1) is 21.0. The third-order valence-corrected chi connectivity index (χ3v) is 8.96. The molecule has 0 fully saturated rings. The molecule has 0 radical (unpaired) electrons. The van der Waals surface area contributed by atoms with Crippen LogP contribution in [0.15, 0.2) is 82.4 Å². The van der Waals surface area contributed by atoms with Crippen LogP contribution in [0.4, 0.5) is 5.95 Å². The highest BCUT2D eigenvalue weighted by Crippen LogP contribution is 2.32. The van der Waals surface area contributed by atoms with Crippen molar-refractivity contribution in [1.82, 2.24) is 24.3 Å². The summed E-state index contributed by atoms with van der Waals surface area (Å²) in [7, 11) is 0. The van der Waals surface area contributed by atoms with Gasteiger partial charge in [0, 0.05) is 34.5 Å². The topological polar surface area (TPSA) is 84.7 Å². The highest BCUT2D eigenvalue weighted by atomic mass is 79.9. The normalized spacial score (nSPS) is 15.6. The van der Waals surface area contributed by atoms with Gasteiger partial charge in [0.15, 0.2) is 5.65 Å². The summed E-state index contributed by atoms with van der Waals surface area (Å²) in [6.45, 7) is 11.3. The Balaban J connectivity index is 1.45. The fourth-order valence-corrected chi connectivity index (χ4v) is 6.73. The lowest BCUT2D eigenvalue weighted by Gasteiger charge is -2.35. The maximum absolute atomic E-state index is 14.4. The minimum atomic E-state index is -0.261. The SMILES string of the molecule is Cc1cccc(C)c1-c1cc2nc(n1)NSc1cccc(c1)C(=O)N(Cc1cn3cccc(Br)c3n1)[C@H](CC(C)(C)C)CO2. The third kappa shape index (κ3) is 6.61. The molecule has 1 N–H and O–H groups in total.